The van der Waals surface area contributed by atoms with Crippen LogP contribution in [0.4, 0.5) is 5.69 Å². The lowest BCUT2D eigenvalue weighted by molar-refractivity contribution is 0.0942. The molecular formula is C16H24N2O. The number of nitrogens with one attached hydrogen (secondary N) is 1. The molecule has 1 aromatic carbocycles. The van der Waals surface area contributed by atoms with E-state index < -0.39 is 0 Å². The highest BCUT2D eigenvalue weighted by Crippen LogP contribution is 2.30. The third kappa shape index (κ3) is 3.72. The van der Waals surface area contributed by atoms with Gasteiger partial charge in [0.1, 0.15) is 0 Å². The maximum atomic E-state index is 12.0. The van der Waals surface area contributed by atoms with E-state index in [-0.39, 0.29) is 5.91 Å². The van der Waals surface area contributed by atoms with Crippen molar-refractivity contribution in [1.29, 1.82) is 0 Å². The molecule has 1 aliphatic rings. The number of rotatable bonds is 4. The highest BCUT2D eigenvalue weighted by atomic mass is 16.1. The van der Waals surface area contributed by atoms with Crippen LogP contribution in [0.3, 0.4) is 0 Å². The predicted octanol–water partition coefficient (Wildman–Crippen LogP) is 3.22. The third-order valence-electron chi connectivity index (χ3n) is 4.30. The Bertz CT molecular complexity index is 423. The number of hydrogen-bond acceptors (Lipinski definition) is 2. The molecular weight excluding hydrogens is 236 g/mol. The number of hydrogen-bond donors (Lipinski definition) is 2. The molecule has 1 fully saturated rings. The van der Waals surface area contributed by atoms with E-state index in [0.717, 1.165) is 12.5 Å². The fraction of sp³-hybridized carbons (Fsp3) is 0.562. The summed E-state index contributed by atoms with van der Waals surface area (Å²) in [5.74, 6) is 1.49. The molecule has 0 aromatic heterocycles. The highest BCUT2D eigenvalue weighted by molar-refractivity contribution is 5.99. The summed E-state index contributed by atoms with van der Waals surface area (Å²) in [6.45, 7) is 3.05. The first kappa shape index (κ1) is 13.9. The van der Waals surface area contributed by atoms with Crippen LogP contribution in [0.15, 0.2) is 24.3 Å². The first-order valence-electron chi connectivity index (χ1n) is 7.33. The molecule has 3 heteroatoms. The average molecular weight is 260 g/mol. The van der Waals surface area contributed by atoms with Crippen molar-refractivity contribution in [1.82, 2.24) is 5.32 Å². The fourth-order valence-electron chi connectivity index (χ4n) is 2.88. The zero-order valence-electron chi connectivity index (χ0n) is 11.7. The van der Waals surface area contributed by atoms with E-state index in [4.69, 9.17) is 5.73 Å². The molecule has 1 aliphatic carbocycles. The van der Waals surface area contributed by atoms with Gasteiger partial charge < -0.3 is 11.1 Å². The van der Waals surface area contributed by atoms with E-state index in [1.165, 1.54) is 32.1 Å². The Morgan fingerprint density at radius 1 is 1.21 bits per heavy atom. The van der Waals surface area contributed by atoms with E-state index in [2.05, 4.69) is 12.2 Å². The monoisotopic (exact) mass is 260 g/mol. The third-order valence-corrected chi connectivity index (χ3v) is 4.30. The largest absolute Gasteiger partial charge is 0.398 e. The molecule has 1 amide bonds. The van der Waals surface area contributed by atoms with Crippen LogP contribution < -0.4 is 11.1 Å². The summed E-state index contributed by atoms with van der Waals surface area (Å²) in [6.07, 6.45) is 6.39. The summed E-state index contributed by atoms with van der Waals surface area (Å²) in [6, 6.07) is 7.23. The van der Waals surface area contributed by atoms with Crippen molar-refractivity contribution in [2.75, 3.05) is 12.3 Å². The molecule has 104 valence electrons. The average Bonchev–Trinajstić information content (AvgIpc) is 2.46. The molecule has 3 N–H and O–H groups in total. The molecule has 19 heavy (non-hydrogen) atoms. The lowest BCUT2D eigenvalue weighted by atomic mass is 9.81. The van der Waals surface area contributed by atoms with Crippen LogP contribution in [0.2, 0.25) is 0 Å². The van der Waals surface area contributed by atoms with E-state index in [9.17, 15) is 4.79 Å². The number of carbonyl (C=O) groups is 1. The van der Waals surface area contributed by atoms with E-state index >= 15 is 0 Å². The maximum absolute atomic E-state index is 12.0. The predicted molar refractivity (Wildman–Crippen MR) is 78.9 cm³/mol. The van der Waals surface area contributed by atoms with Gasteiger partial charge in [-0.2, -0.15) is 0 Å². The van der Waals surface area contributed by atoms with E-state index in [1.807, 2.05) is 12.1 Å². The Morgan fingerprint density at radius 3 is 2.47 bits per heavy atom. The van der Waals surface area contributed by atoms with Crippen molar-refractivity contribution in [3.8, 4) is 0 Å². The van der Waals surface area contributed by atoms with Crippen molar-refractivity contribution in [3.63, 3.8) is 0 Å². The second-order valence-corrected chi connectivity index (χ2v) is 5.59. The number of nitrogens with two attached hydrogens (primary N) is 1. The quantitative estimate of drug-likeness (QED) is 0.817. The van der Waals surface area contributed by atoms with Crippen LogP contribution in [0.1, 0.15) is 49.4 Å². The van der Waals surface area contributed by atoms with Gasteiger partial charge in [-0.1, -0.05) is 38.3 Å². The summed E-state index contributed by atoms with van der Waals surface area (Å²) in [4.78, 5) is 12.0. The van der Waals surface area contributed by atoms with E-state index in [0.29, 0.717) is 17.2 Å². The Kier molecular flexibility index (Phi) is 4.83. The number of para-hydroxylation sites is 1. The van der Waals surface area contributed by atoms with Gasteiger partial charge in [-0.05, 0) is 36.8 Å². The Balaban J connectivity index is 1.80. The van der Waals surface area contributed by atoms with Crippen molar-refractivity contribution in [2.24, 2.45) is 11.8 Å². The standard InChI is InChI=1S/C16H24N2O/c1-2-12-7-9-13(10-8-12)11-18-16(19)14-5-3-4-6-15(14)17/h3-6,12-13H,2,7-11,17H2,1H3,(H,18,19). The zero-order valence-corrected chi connectivity index (χ0v) is 11.7. The van der Waals surface area contributed by atoms with E-state index in [1.54, 1.807) is 12.1 Å². The SMILES string of the molecule is CCC1CCC(CNC(=O)c2ccccc2N)CC1. The molecule has 1 aromatic rings. The van der Waals surface area contributed by atoms with Crippen molar-refractivity contribution in [3.05, 3.63) is 29.8 Å². The van der Waals surface area contributed by atoms with Gasteiger partial charge in [0.25, 0.3) is 5.91 Å². The normalized spacial score (nSPS) is 23.0. The van der Waals surface area contributed by atoms with Gasteiger partial charge in [-0.15, -0.1) is 0 Å². The van der Waals surface area contributed by atoms with Crippen molar-refractivity contribution in [2.45, 2.75) is 39.0 Å². The molecule has 0 radical (unpaired) electrons. The molecule has 0 aliphatic heterocycles. The van der Waals surface area contributed by atoms with Crippen LogP contribution in [0.5, 0.6) is 0 Å². The van der Waals surface area contributed by atoms with Crippen LogP contribution in [-0.4, -0.2) is 12.5 Å². The Hall–Kier alpha value is -1.51. The Morgan fingerprint density at radius 2 is 1.84 bits per heavy atom. The van der Waals surface area contributed by atoms with Crippen LogP contribution >= 0.6 is 0 Å². The van der Waals surface area contributed by atoms with Gasteiger partial charge in [-0.25, -0.2) is 0 Å². The van der Waals surface area contributed by atoms with Gasteiger partial charge in [0.05, 0.1) is 5.56 Å². The summed E-state index contributed by atoms with van der Waals surface area (Å²) in [5.41, 5.74) is 6.94. The topological polar surface area (TPSA) is 55.1 Å². The summed E-state index contributed by atoms with van der Waals surface area (Å²) in [7, 11) is 0. The first-order chi connectivity index (χ1) is 9.20. The van der Waals surface area contributed by atoms with Crippen LogP contribution in [0.25, 0.3) is 0 Å². The second kappa shape index (κ2) is 6.60. The van der Waals surface area contributed by atoms with Gasteiger partial charge >= 0.3 is 0 Å². The molecule has 2 rings (SSSR count). The Labute approximate surface area is 115 Å². The summed E-state index contributed by atoms with van der Waals surface area (Å²) < 4.78 is 0. The van der Waals surface area contributed by atoms with Crippen LogP contribution in [-0.2, 0) is 0 Å². The maximum Gasteiger partial charge on any atom is 0.253 e. The molecule has 3 nitrogen and oxygen atoms in total. The van der Waals surface area contributed by atoms with Crippen molar-refractivity contribution >= 4 is 11.6 Å². The number of anilines is 1. The molecule has 1 saturated carbocycles. The smallest absolute Gasteiger partial charge is 0.253 e. The van der Waals surface area contributed by atoms with Gasteiger partial charge in [0, 0.05) is 12.2 Å². The minimum absolute atomic E-state index is 0.0456. The summed E-state index contributed by atoms with van der Waals surface area (Å²) in [5, 5.41) is 3.02. The van der Waals surface area contributed by atoms with Gasteiger partial charge in [0.15, 0.2) is 0 Å². The first-order valence-corrected chi connectivity index (χ1v) is 7.33. The summed E-state index contributed by atoms with van der Waals surface area (Å²) >= 11 is 0. The minimum atomic E-state index is -0.0456. The molecule has 0 spiro atoms. The second-order valence-electron chi connectivity index (χ2n) is 5.59. The molecule has 0 saturated heterocycles. The van der Waals surface area contributed by atoms with Crippen LogP contribution in [0, 0.1) is 11.8 Å². The number of amides is 1. The lowest BCUT2D eigenvalue weighted by Gasteiger charge is -2.27. The fourth-order valence-corrected chi connectivity index (χ4v) is 2.88. The molecule has 0 atom stereocenters. The number of carbonyl (C=O) groups excluding carboxylic acids is 1. The molecule has 0 heterocycles. The lowest BCUT2D eigenvalue weighted by Crippen LogP contribution is -2.31. The minimum Gasteiger partial charge on any atom is -0.398 e. The molecule has 0 bridgehead atoms. The number of nitrogen functional groups attached to an aromatic ring is 1. The van der Waals surface area contributed by atoms with Gasteiger partial charge in [0.2, 0.25) is 0 Å². The zero-order chi connectivity index (χ0) is 13.7. The highest BCUT2D eigenvalue weighted by Gasteiger charge is 2.20. The molecule has 0 unspecified atom stereocenters. The van der Waals surface area contributed by atoms with Gasteiger partial charge in [-0.3, -0.25) is 4.79 Å². The number of benzene rings is 1. The van der Waals surface area contributed by atoms with Crippen molar-refractivity contribution < 1.29 is 4.79 Å².